The van der Waals surface area contributed by atoms with Crippen LogP contribution in [0, 0.1) is 0 Å². The van der Waals surface area contributed by atoms with Crippen LogP contribution in [0.4, 0.5) is 0 Å². The Bertz CT molecular complexity index is 737. The zero-order chi connectivity index (χ0) is 18.2. The molecule has 0 aliphatic carbocycles. The van der Waals surface area contributed by atoms with E-state index < -0.39 is 0 Å². The number of hydrogen-bond acceptors (Lipinski definition) is 2. The maximum absolute atomic E-state index is 11.8. The third-order valence-electron chi connectivity index (χ3n) is 3.43. The largest absolute Gasteiger partial charge is 0.492 e. The van der Waals surface area contributed by atoms with Crippen molar-refractivity contribution in [3.05, 3.63) is 62.1 Å². The van der Waals surface area contributed by atoms with Crippen LogP contribution >= 0.6 is 46.4 Å². The van der Waals surface area contributed by atoms with Gasteiger partial charge in [0.1, 0.15) is 5.75 Å². The highest BCUT2D eigenvalue weighted by Crippen LogP contribution is 2.27. The van der Waals surface area contributed by atoms with E-state index in [0.717, 1.165) is 5.56 Å². The number of hydrogen-bond donors (Lipinski definition) is 1. The molecule has 2 aromatic rings. The monoisotopic (exact) mass is 419 g/mol. The molecule has 3 nitrogen and oxygen atoms in total. The van der Waals surface area contributed by atoms with E-state index in [1.807, 2.05) is 6.07 Å². The van der Waals surface area contributed by atoms with E-state index in [9.17, 15) is 4.79 Å². The summed E-state index contributed by atoms with van der Waals surface area (Å²) >= 11 is 23.8. The lowest BCUT2D eigenvalue weighted by atomic mass is 10.1. The van der Waals surface area contributed by atoms with Gasteiger partial charge in [-0.2, -0.15) is 0 Å². The summed E-state index contributed by atoms with van der Waals surface area (Å²) in [6.07, 6.45) is 1.62. The second-order valence-corrected chi connectivity index (χ2v) is 7.05. The maximum Gasteiger partial charge on any atom is 0.220 e. The Morgan fingerprint density at radius 3 is 2.32 bits per heavy atom. The minimum atomic E-state index is -0.0316. The van der Waals surface area contributed by atoms with Crippen molar-refractivity contribution in [3.8, 4) is 5.75 Å². The van der Waals surface area contributed by atoms with E-state index in [0.29, 0.717) is 58.3 Å². The number of ether oxygens (including phenoxy) is 1. The molecule has 0 spiro atoms. The van der Waals surface area contributed by atoms with Gasteiger partial charge >= 0.3 is 0 Å². The smallest absolute Gasteiger partial charge is 0.220 e. The van der Waals surface area contributed by atoms with Crippen LogP contribution in [-0.4, -0.2) is 19.1 Å². The highest BCUT2D eigenvalue weighted by molar-refractivity contribution is 6.35. The molecule has 0 aromatic heterocycles. The number of nitrogens with one attached hydrogen (secondary N) is 1. The van der Waals surface area contributed by atoms with Crippen molar-refractivity contribution in [2.24, 2.45) is 0 Å². The topological polar surface area (TPSA) is 38.3 Å². The summed E-state index contributed by atoms with van der Waals surface area (Å²) in [5.74, 6) is 0.528. The van der Waals surface area contributed by atoms with Crippen molar-refractivity contribution >= 4 is 52.3 Å². The van der Waals surface area contributed by atoms with Gasteiger partial charge in [0.2, 0.25) is 5.91 Å². The van der Waals surface area contributed by atoms with Gasteiger partial charge < -0.3 is 10.1 Å². The summed E-state index contributed by atoms with van der Waals surface area (Å²) in [6, 6.07) is 10.4. The Morgan fingerprint density at radius 2 is 1.64 bits per heavy atom. The lowest BCUT2D eigenvalue weighted by Gasteiger charge is -2.09. The Morgan fingerprint density at radius 1 is 0.960 bits per heavy atom. The van der Waals surface area contributed by atoms with Gasteiger partial charge in [-0.15, -0.1) is 0 Å². The predicted octanol–water partition coefficient (Wildman–Crippen LogP) is 5.82. The lowest BCUT2D eigenvalue weighted by molar-refractivity contribution is -0.121. The summed E-state index contributed by atoms with van der Waals surface area (Å²) in [5, 5.41) is 5.07. The zero-order valence-electron chi connectivity index (χ0n) is 13.3. The second kappa shape index (κ2) is 10.1. The van der Waals surface area contributed by atoms with Crippen LogP contribution in [0.25, 0.3) is 0 Å². The number of rotatable bonds is 8. The van der Waals surface area contributed by atoms with E-state index in [1.54, 1.807) is 30.3 Å². The van der Waals surface area contributed by atoms with Gasteiger partial charge in [0, 0.05) is 28.0 Å². The molecule has 0 aliphatic rings. The van der Waals surface area contributed by atoms with Crippen LogP contribution in [0.1, 0.15) is 18.4 Å². The summed E-state index contributed by atoms with van der Waals surface area (Å²) in [7, 11) is 0. The van der Waals surface area contributed by atoms with Gasteiger partial charge in [0.25, 0.3) is 0 Å². The average Bonchev–Trinajstić information content (AvgIpc) is 2.55. The normalized spacial score (nSPS) is 10.6. The van der Waals surface area contributed by atoms with Gasteiger partial charge in [0.15, 0.2) is 0 Å². The summed E-state index contributed by atoms with van der Waals surface area (Å²) in [5.41, 5.74) is 0.951. The fraction of sp³-hybridized carbons (Fsp3) is 0.278. The van der Waals surface area contributed by atoms with Gasteiger partial charge in [-0.3, -0.25) is 4.79 Å². The van der Waals surface area contributed by atoms with Crippen molar-refractivity contribution in [2.75, 3.05) is 13.2 Å². The first-order valence-electron chi connectivity index (χ1n) is 7.74. The molecule has 0 atom stereocenters. The average molecular weight is 421 g/mol. The molecule has 1 N–H and O–H groups in total. The molecule has 0 bridgehead atoms. The summed E-state index contributed by atoms with van der Waals surface area (Å²) < 4.78 is 5.54. The van der Waals surface area contributed by atoms with E-state index in [4.69, 9.17) is 51.1 Å². The Hall–Kier alpha value is -1.13. The van der Waals surface area contributed by atoms with E-state index in [2.05, 4.69) is 5.32 Å². The van der Waals surface area contributed by atoms with E-state index >= 15 is 0 Å². The van der Waals surface area contributed by atoms with Crippen molar-refractivity contribution in [1.82, 2.24) is 5.32 Å². The zero-order valence-corrected chi connectivity index (χ0v) is 16.4. The Labute approximate surface area is 167 Å². The molecule has 0 aliphatic heterocycles. The van der Waals surface area contributed by atoms with Gasteiger partial charge in [0.05, 0.1) is 11.6 Å². The molecule has 7 heteroatoms. The molecule has 0 saturated heterocycles. The summed E-state index contributed by atoms with van der Waals surface area (Å²) in [6.45, 7) is 0.918. The Kier molecular flexibility index (Phi) is 8.17. The van der Waals surface area contributed by atoms with Crippen molar-refractivity contribution in [3.63, 3.8) is 0 Å². The minimum absolute atomic E-state index is 0.0316. The van der Waals surface area contributed by atoms with Crippen molar-refractivity contribution in [2.45, 2.75) is 19.3 Å². The first-order chi connectivity index (χ1) is 12.0. The molecule has 0 unspecified atom stereocenters. The molecule has 0 heterocycles. The standard InChI is InChI=1S/C18H17Cl4NO2/c19-13-4-3-12(15(21)10-13)7-8-23-18(24)2-1-9-25-17-6-5-14(20)11-16(17)22/h3-6,10-11H,1-2,7-9H2,(H,23,24). The SMILES string of the molecule is O=C(CCCOc1ccc(Cl)cc1Cl)NCCc1ccc(Cl)cc1Cl. The molecular formula is C18H17Cl4NO2. The van der Waals surface area contributed by atoms with Crippen LogP contribution in [0.2, 0.25) is 20.1 Å². The maximum atomic E-state index is 11.8. The fourth-order valence-corrected chi connectivity index (χ4v) is 3.12. The van der Waals surface area contributed by atoms with Gasteiger partial charge in [-0.05, 0) is 48.7 Å². The third kappa shape index (κ3) is 6.95. The molecule has 0 fully saturated rings. The van der Waals surface area contributed by atoms with Crippen LogP contribution in [0.5, 0.6) is 5.75 Å². The highest BCUT2D eigenvalue weighted by Gasteiger charge is 2.06. The molecular weight excluding hydrogens is 404 g/mol. The number of halogens is 4. The van der Waals surface area contributed by atoms with Crippen LogP contribution < -0.4 is 10.1 Å². The van der Waals surface area contributed by atoms with Crippen LogP contribution in [0.3, 0.4) is 0 Å². The second-order valence-electron chi connectivity index (χ2n) is 5.36. The highest BCUT2D eigenvalue weighted by atomic mass is 35.5. The quantitative estimate of drug-likeness (QED) is 0.546. The van der Waals surface area contributed by atoms with Crippen LogP contribution in [-0.2, 0) is 11.2 Å². The fourth-order valence-electron chi connectivity index (χ4n) is 2.16. The molecule has 134 valence electrons. The number of carbonyl (C=O) groups excluding carboxylic acids is 1. The minimum Gasteiger partial charge on any atom is -0.492 e. The molecule has 2 aromatic carbocycles. The number of carbonyl (C=O) groups is 1. The first-order valence-corrected chi connectivity index (χ1v) is 9.25. The first kappa shape index (κ1) is 20.2. The molecule has 0 saturated carbocycles. The van der Waals surface area contributed by atoms with Gasteiger partial charge in [-0.25, -0.2) is 0 Å². The molecule has 2 rings (SSSR count). The van der Waals surface area contributed by atoms with Crippen molar-refractivity contribution in [1.29, 1.82) is 0 Å². The molecule has 0 radical (unpaired) electrons. The van der Waals surface area contributed by atoms with Crippen LogP contribution in [0.15, 0.2) is 36.4 Å². The van der Waals surface area contributed by atoms with Gasteiger partial charge in [-0.1, -0.05) is 52.5 Å². The number of benzene rings is 2. The van der Waals surface area contributed by atoms with E-state index in [1.165, 1.54) is 0 Å². The Balaban J connectivity index is 1.64. The predicted molar refractivity (Wildman–Crippen MR) is 104 cm³/mol. The third-order valence-corrected chi connectivity index (χ3v) is 4.55. The number of amides is 1. The summed E-state index contributed by atoms with van der Waals surface area (Å²) in [4.78, 5) is 11.8. The van der Waals surface area contributed by atoms with Crippen molar-refractivity contribution < 1.29 is 9.53 Å². The molecule has 1 amide bonds. The molecule has 25 heavy (non-hydrogen) atoms. The van der Waals surface area contributed by atoms with E-state index in [-0.39, 0.29) is 5.91 Å². The lowest BCUT2D eigenvalue weighted by Crippen LogP contribution is -2.25.